The van der Waals surface area contributed by atoms with Gasteiger partial charge in [0, 0.05) is 17.1 Å². The summed E-state index contributed by atoms with van der Waals surface area (Å²) in [4.78, 5) is 4.55. The second-order valence-electron chi connectivity index (χ2n) is 5.61. The molecule has 3 aromatic rings. The van der Waals surface area contributed by atoms with E-state index >= 15 is 0 Å². The van der Waals surface area contributed by atoms with E-state index in [0.29, 0.717) is 11.5 Å². The van der Waals surface area contributed by atoms with Crippen molar-refractivity contribution in [1.29, 1.82) is 0 Å². The molecule has 0 saturated carbocycles. The second-order valence-corrected chi connectivity index (χ2v) is 5.61. The quantitative estimate of drug-likeness (QED) is 0.782. The number of pyridine rings is 1. The van der Waals surface area contributed by atoms with Crippen LogP contribution in [0.5, 0.6) is 23.0 Å². The highest BCUT2D eigenvalue weighted by Gasteiger charge is 2.20. The maximum Gasteiger partial charge on any atom is 0.231 e. The molecule has 6 nitrogen and oxygen atoms in total. The van der Waals surface area contributed by atoms with Crippen LogP contribution in [-0.2, 0) is 6.61 Å². The molecule has 0 spiro atoms. The molecule has 3 heterocycles. The van der Waals surface area contributed by atoms with Crippen molar-refractivity contribution in [1.82, 2.24) is 4.98 Å². The Morgan fingerprint density at radius 3 is 2.58 bits per heavy atom. The van der Waals surface area contributed by atoms with Crippen LogP contribution >= 0.6 is 0 Å². The Balaban J connectivity index is 1.69. The monoisotopic (exact) mass is 323 g/mol. The van der Waals surface area contributed by atoms with Gasteiger partial charge in [-0.2, -0.15) is 0 Å². The van der Waals surface area contributed by atoms with E-state index in [1.165, 1.54) is 0 Å². The third-order valence-electron chi connectivity index (χ3n) is 4.28. The Kier molecular flexibility index (Phi) is 2.80. The standard InChI is InChI=1S/C18H13NO5/c20-7-11-4-16-17(23-8-22-16)5-12(11)14-3-10-1-2-15-18(24-9-21-15)13(10)6-19-14/h1-6,20H,7-9H2. The van der Waals surface area contributed by atoms with E-state index in [4.69, 9.17) is 18.9 Å². The predicted octanol–water partition coefficient (Wildman–Crippen LogP) is 2.85. The molecular formula is C18H13NO5. The number of nitrogens with zero attached hydrogens (tertiary/aromatic N) is 1. The SMILES string of the molecule is OCc1cc2c(cc1-c1cc3ccc4c(c3cn1)OCO4)OCO2. The number of benzene rings is 2. The van der Waals surface area contributed by atoms with Crippen LogP contribution in [0.3, 0.4) is 0 Å². The number of fused-ring (bicyclic) bond motifs is 4. The zero-order chi connectivity index (χ0) is 16.1. The van der Waals surface area contributed by atoms with E-state index in [0.717, 1.165) is 39.1 Å². The van der Waals surface area contributed by atoms with Gasteiger partial charge in [0.1, 0.15) is 0 Å². The summed E-state index contributed by atoms with van der Waals surface area (Å²) < 4.78 is 21.7. The first-order valence-electron chi connectivity index (χ1n) is 7.55. The van der Waals surface area contributed by atoms with Gasteiger partial charge < -0.3 is 24.1 Å². The largest absolute Gasteiger partial charge is 0.454 e. The van der Waals surface area contributed by atoms with Crippen molar-refractivity contribution >= 4 is 10.8 Å². The number of hydrogen-bond donors (Lipinski definition) is 1. The topological polar surface area (TPSA) is 70.0 Å². The molecule has 0 aliphatic carbocycles. The van der Waals surface area contributed by atoms with Gasteiger partial charge in [0.2, 0.25) is 13.6 Å². The van der Waals surface area contributed by atoms with Crippen LogP contribution in [0.1, 0.15) is 5.56 Å². The third-order valence-corrected chi connectivity index (χ3v) is 4.28. The van der Waals surface area contributed by atoms with Crippen molar-refractivity contribution in [2.45, 2.75) is 6.61 Å². The molecule has 1 aromatic heterocycles. The summed E-state index contributed by atoms with van der Waals surface area (Å²) in [6, 6.07) is 9.48. The molecule has 0 unspecified atom stereocenters. The summed E-state index contributed by atoms with van der Waals surface area (Å²) in [6.45, 7) is 0.318. The summed E-state index contributed by atoms with van der Waals surface area (Å²) in [5, 5.41) is 11.6. The molecule has 0 fully saturated rings. The van der Waals surface area contributed by atoms with Gasteiger partial charge in [0.05, 0.1) is 12.3 Å². The third kappa shape index (κ3) is 1.90. The van der Waals surface area contributed by atoms with Crippen LogP contribution in [0.15, 0.2) is 36.5 Å². The average Bonchev–Trinajstić information content (AvgIpc) is 3.28. The lowest BCUT2D eigenvalue weighted by Gasteiger charge is -2.10. The minimum atomic E-state index is -0.104. The van der Waals surface area contributed by atoms with Gasteiger partial charge >= 0.3 is 0 Å². The highest BCUT2D eigenvalue weighted by Crippen LogP contribution is 2.41. The van der Waals surface area contributed by atoms with E-state index in [-0.39, 0.29) is 20.2 Å². The summed E-state index contributed by atoms with van der Waals surface area (Å²) >= 11 is 0. The maximum absolute atomic E-state index is 9.69. The van der Waals surface area contributed by atoms with Crippen LogP contribution in [0, 0.1) is 0 Å². The first-order valence-corrected chi connectivity index (χ1v) is 7.55. The number of aromatic nitrogens is 1. The summed E-state index contributed by atoms with van der Waals surface area (Å²) in [6.07, 6.45) is 1.77. The molecule has 0 saturated heterocycles. The zero-order valence-electron chi connectivity index (χ0n) is 12.6. The summed E-state index contributed by atoms with van der Waals surface area (Å²) in [5.74, 6) is 2.76. The maximum atomic E-state index is 9.69. The molecule has 2 aromatic carbocycles. The van der Waals surface area contributed by atoms with Gasteiger partial charge in [-0.05, 0) is 35.2 Å². The summed E-state index contributed by atoms with van der Waals surface area (Å²) in [5.41, 5.74) is 2.32. The molecule has 1 N–H and O–H groups in total. The predicted molar refractivity (Wildman–Crippen MR) is 85.3 cm³/mol. The summed E-state index contributed by atoms with van der Waals surface area (Å²) in [7, 11) is 0. The van der Waals surface area contributed by atoms with Crippen LogP contribution in [0.25, 0.3) is 22.0 Å². The molecule has 0 atom stereocenters. The Labute approximate surface area is 137 Å². The van der Waals surface area contributed by atoms with E-state index in [2.05, 4.69) is 4.98 Å². The highest BCUT2D eigenvalue weighted by atomic mass is 16.7. The molecular weight excluding hydrogens is 310 g/mol. The minimum absolute atomic E-state index is 0.104. The molecule has 2 aliphatic heterocycles. The van der Waals surface area contributed by atoms with Gasteiger partial charge in [-0.15, -0.1) is 0 Å². The zero-order valence-corrected chi connectivity index (χ0v) is 12.6. The first kappa shape index (κ1) is 13.4. The fourth-order valence-corrected chi connectivity index (χ4v) is 3.09. The highest BCUT2D eigenvalue weighted by molar-refractivity contribution is 5.93. The van der Waals surface area contributed by atoms with E-state index in [1.807, 2.05) is 24.3 Å². The fourth-order valence-electron chi connectivity index (χ4n) is 3.09. The number of aliphatic hydroxyl groups excluding tert-OH is 1. The lowest BCUT2D eigenvalue weighted by Crippen LogP contribution is -1.94. The van der Waals surface area contributed by atoms with Gasteiger partial charge in [0.25, 0.3) is 0 Å². The van der Waals surface area contributed by atoms with Crippen LogP contribution in [0.2, 0.25) is 0 Å². The Bertz CT molecular complexity index is 969. The van der Waals surface area contributed by atoms with Crippen LogP contribution in [-0.4, -0.2) is 23.7 Å². The average molecular weight is 323 g/mol. The van der Waals surface area contributed by atoms with Gasteiger partial charge in [0.15, 0.2) is 23.0 Å². The van der Waals surface area contributed by atoms with Crippen LogP contribution < -0.4 is 18.9 Å². The van der Waals surface area contributed by atoms with Crippen molar-refractivity contribution in [3.63, 3.8) is 0 Å². The number of ether oxygens (including phenoxy) is 4. The fraction of sp³-hybridized carbons (Fsp3) is 0.167. The first-order chi connectivity index (χ1) is 11.8. The van der Waals surface area contributed by atoms with Crippen LogP contribution in [0.4, 0.5) is 0 Å². The Hall–Kier alpha value is -2.99. The Morgan fingerprint density at radius 2 is 1.71 bits per heavy atom. The van der Waals surface area contributed by atoms with Crippen molar-refractivity contribution in [3.8, 4) is 34.3 Å². The minimum Gasteiger partial charge on any atom is -0.454 e. The smallest absolute Gasteiger partial charge is 0.231 e. The molecule has 120 valence electrons. The molecule has 0 bridgehead atoms. The molecule has 2 aliphatic rings. The Morgan fingerprint density at radius 1 is 0.917 bits per heavy atom. The van der Waals surface area contributed by atoms with Crippen molar-refractivity contribution in [2.75, 3.05) is 13.6 Å². The van der Waals surface area contributed by atoms with Crippen molar-refractivity contribution < 1.29 is 24.1 Å². The lowest BCUT2D eigenvalue weighted by molar-refractivity contribution is 0.173. The van der Waals surface area contributed by atoms with E-state index in [1.54, 1.807) is 12.3 Å². The second kappa shape index (κ2) is 5.01. The van der Waals surface area contributed by atoms with Gasteiger partial charge in [-0.1, -0.05) is 6.07 Å². The molecule has 0 amide bonds. The normalized spacial score (nSPS) is 14.4. The number of rotatable bonds is 2. The van der Waals surface area contributed by atoms with E-state index < -0.39 is 0 Å². The number of hydrogen-bond acceptors (Lipinski definition) is 6. The van der Waals surface area contributed by atoms with Gasteiger partial charge in [-0.3, -0.25) is 4.98 Å². The van der Waals surface area contributed by atoms with Gasteiger partial charge in [-0.25, -0.2) is 0 Å². The number of aliphatic hydroxyl groups is 1. The molecule has 0 radical (unpaired) electrons. The molecule has 24 heavy (non-hydrogen) atoms. The molecule has 6 heteroatoms. The van der Waals surface area contributed by atoms with Crippen molar-refractivity contribution in [2.24, 2.45) is 0 Å². The van der Waals surface area contributed by atoms with E-state index in [9.17, 15) is 5.11 Å². The lowest BCUT2D eigenvalue weighted by atomic mass is 10.0. The molecule has 5 rings (SSSR count). The van der Waals surface area contributed by atoms with Crippen molar-refractivity contribution in [3.05, 3.63) is 42.1 Å².